The zero-order chi connectivity index (χ0) is 13.3. The van der Waals surface area contributed by atoms with Crippen LogP contribution in [0.15, 0.2) is 30.3 Å². The Bertz CT molecular complexity index is 416. The highest BCUT2D eigenvalue weighted by molar-refractivity contribution is 5.81. The fraction of sp³-hybridized carbons (Fsp3) is 0.467. The van der Waals surface area contributed by atoms with Gasteiger partial charge in [0.2, 0.25) is 0 Å². The number of hydrogen-bond donors (Lipinski definition) is 1. The Balaban J connectivity index is 0.000000581. The second-order valence-electron chi connectivity index (χ2n) is 3.28. The maximum Gasteiger partial charge on any atom is 0.0482 e. The van der Waals surface area contributed by atoms with Gasteiger partial charge in [0.15, 0.2) is 0 Å². The third-order valence-electron chi connectivity index (χ3n) is 2.37. The second kappa shape index (κ2) is 8.82. The molecule has 0 radical (unpaired) electrons. The van der Waals surface area contributed by atoms with E-state index in [-0.39, 0.29) is 0 Å². The summed E-state index contributed by atoms with van der Waals surface area (Å²) in [5.41, 5.74) is 8.13. The Morgan fingerprint density at radius 2 is 1.65 bits per heavy atom. The summed E-state index contributed by atoms with van der Waals surface area (Å²) in [5.74, 6) is 0. The summed E-state index contributed by atoms with van der Waals surface area (Å²) in [4.78, 5) is 0. The van der Waals surface area contributed by atoms with Crippen molar-refractivity contribution in [2.45, 2.75) is 41.2 Å². The maximum atomic E-state index is 5.56. The number of rotatable bonds is 2. The van der Waals surface area contributed by atoms with E-state index in [0.717, 1.165) is 6.54 Å². The highest BCUT2D eigenvalue weighted by atomic mass is 15.0. The lowest BCUT2D eigenvalue weighted by molar-refractivity contribution is 0.715. The molecule has 0 bridgehead atoms. The molecule has 0 unspecified atom stereocenters. The van der Waals surface area contributed by atoms with Crippen molar-refractivity contribution < 1.29 is 0 Å². The predicted molar refractivity (Wildman–Crippen MR) is 78.4 cm³/mol. The quantitative estimate of drug-likeness (QED) is 0.837. The summed E-state index contributed by atoms with van der Waals surface area (Å²) in [6, 6.07) is 10.6. The number of fused-ring (bicyclic) bond motifs is 1. The summed E-state index contributed by atoms with van der Waals surface area (Å²) in [7, 11) is 0. The highest BCUT2D eigenvalue weighted by Crippen LogP contribution is 2.18. The van der Waals surface area contributed by atoms with E-state index in [1.807, 2.05) is 27.7 Å². The molecule has 0 amide bonds. The van der Waals surface area contributed by atoms with Gasteiger partial charge < -0.3 is 10.3 Å². The first-order chi connectivity index (χ1) is 8.33. The third kappa shape index (κ3) is 3.90. The van der Waals surface area contributed by atoms with Crippen molar-refractivity contribution >= 4 is 10.9 Å². The number of aromatic nitrogens is 1. The van der Waals surface area contributed by atoms with Crippen molar-refractivity contribution in [2.75, 3.05) is 6.54 Å². The van der Waals surface area contributed by atoms with Crippen LogP contribution in [0, 0.1) is 6.92 Å². The van der Waals surface area contributed by atoms with Crippen LogP contribution in [0.3, 0.4) is 0 Å². The number of nitrogens with two attached hydrogens (primary N) is 1. The van der Waals surface area contributed by atoms with Crippen molar-refractivity contribution in [2.24, 2.45) is 5.73 Å². The van der Waals surface area contributed by atoms with Crippen molar-refractivity contribution in [3.63, 3.8) is 0 Å². The van der Waals surface area contributed by atoms with Gasteiger partial charge >= 0.3 is 0 Å². The smallest absolute Gasteiger partial charge is 0.0482 e. The van der Waals surface area contributed by atoms with E-state index in [1.54, 1.807) is 0 Å². The zero-order valence-electron chi connectivity index (χ0n) is 11.8. The molecule has 1 aromatic carbocycles. The Hall–Kier alpha value is -1.28. The molecule has 2 rings (SSSR count). The molecular formula is C15H26N2. The molecule has 1 heterocycles. The molecule has 0 saturated carbocycles. The minimum absolute atomic E-state index is 0.694. The number of benzene rings is 1. The van der Waals surface area contributed by atoms with Gasteiger partial charge in [-0.2, -0.15) is 0 Å². The summed E-state index contributed by atoms with van der Waals surface area (Å²) in [6.45, 7) is 11.7. The van der Waals surface area contributed by atoms with E-state index in [1.165, 1.54) is 16.6 Å². The van der Waals surface area contributed by atoms with Gasteiger partial charge in [-0.15, -0.1) is 0 Å². The van der Waals surface area contributed by atoms with Crippen LogP contribution in [0.25, 0.3) is 10.9 Å². The van der Waals surface area contributed by atoms with Gasteiger partial charge in [-0.3, -0.25) is 0 Å². The van der Waals surface area contributed by atoms with Crippen LogP contribution in [0.1, 0.15) is 33.4 Å². The molecule has 1 aromatic heterocycles. The second-order valence-corrected chi connectivity index (χ2v) is 3.28. The minimum Gasteiger partial charge on any atom is -0.344 e. The first-order valence-electron chi connectivity index (χ1n) is 6.58. The SMILES string of the molecule is CC.CC.Cc1cc2ccccc2n1CCN. The van der Waals surface area contributed by atoms with Crippen molar-refractivity contribution in [1.82, 2.24) is 4.57 Å². The summed E-state index contributed by atoms with van der Waals surface area (Å²) < 4.78 is 2.26. The molecule has 0 aliphatic rings. The van der Waals surface area contributed by atoms with Crippen LogP contribution in [0.5, 0.6) is 0 Å². The predicted octanol–water partition coefficient (Wildman–Crippen LogP) is 3.96. The van der Waals surface area contributed by atoms with Crippen LogP contribution >= 0.6 is 0 Å². The van der Waals surface area contributed by atoms with E-state index in [2.05, 4.69) is 41.8 Å². The molecule has 96 valence electrons. The third-order valence-corrected chi connectivity index (χ3v) is 2.37. The lowest BCUT2D eigenvalue weighted by Gasteiger charge is -2.05. The molecule has 2 heteroatoms. The summed E-state index contributed by atoms with van der Waals surface area (Å²) >= 11 is 0. The number of hydrogen-bond acceptors (Lipinski definition) is 1. The Morgan fingerprint density at radius 3 is 2.24 bits per heavy atom. The first kappa shape index (κ1) is 15.7. The summed E-state index contributed by atoms with van der Waals surface area (Å²) in [5, 5.41) is 1.30. The van der Waals surface area contributed by atoms with E-state index in [0.29, 0.717) is 6.54 Å². The number of aryl methyl sites for hydroxylation is 1. The van der Waals surface area contributed by atoms with Gasteiger partial charge in [0.25, 0.3) is 0 Å². The molecule has 0 atom stereocenters. The van der Waals surface area contributed by atoms with Gasteiger partial charge in [0.1, 0.15) is 0 Å². The van der Waals surface area contributed by atoms with E-state index >= 15 is 0 Å². The normalized spacial score (nSPS) is 9.06. The van der Waals surface area contributed by atoms with Crippen molar-refractivity contribution in [1.29, 1.82) is 0 Å². The lowest BCUT2D eigenvalue weighted by Crippen LogP contribution is -2.10. The van der Waals surface area contributed by atoms with Gasteiger partial charge in [0, 0.05) is 24.3 Å². The molecule has 0 saturated heterocycles. The Labute approximate surface area is 105 Å². The van der Waals surface area contributed by atoms with Gasteiger partial charge in [0.05, 0.1) is 0 Å². The van der Waals surface area contributed by atoms with Crippen LogP contribution < -0.4 is 5.73 Å². The zero-order valence-corrected chi connectivity index (χ0v) is 11.8. The topological polar surface area (TPSA) is 30.9 Å². The molecular weight excluding hydrogens is 208 g/mol. The highest BCUT2D eigenvalue weighted by Gasteiger charge is 2.02. The van der Waals surface area contributed by atoms with Crippen LogP contribution in [-0.4, -0.2) is 11.1 Å². The van der Waals surface area contributed by atoms with E-state index in [4.69, 9.17) is 5.73 Å². The Morgan fingerprint density at radius 1 is 1.06 bits per heavy atom. The first-order valence-corrected chi connectivity index (χ1v) is 6.58. The number of nitrogens with zero attached hydrogens (tertiary/aromatic N) is 1. The van der Waals surface area contributed by atoms with Crippen molar-refractivity contribution in [3.8, 4) is 0 Å². The number of para-hydroxylation sites is 1. The molecule has 0 fully saturated rings. The molecule has 2 N–H and O–H groups in total. The van der Waals surface area contributed by atoms with E-state index < -0.39 is 0 Å². The standard InChI is InChI=1S/C11H14N2.2C2H6/c1-9-8-10-4-2-3-5-11(10)13(9)7-6-12;2*1-2/h2-5,8H,6-7,12H2,1H3;2*1-2H3. The van der Waals surface area contributed by atoms with Gasteiger partial charge in [-0.25, -0.2) is 0 Å². The minimum atomic E-state index is 0.694. The monoisotopic (exact) mass is 234 g/mol. The molecule has 2 aromatic rings. The molecule has 0 spiro atoms. The average molecular weight is 234 g/mol. The van der Waals surface area contributed by atoms with Gasteiger partial charge in [-0.1, -0.05) is 45.9 Å². The van der Waals surface area contributed by atoms with Crippen molar-refractivity contribution in [3.05, 3.63) is 36.0 Å². The molecule has 2 nitrogen and oxygen atoms in total. The Kier molecular flexibility index (Phi) is 8.16. The van der Waals surface area contributed by atoms with Crippen LogP contribution in [-0.2, 0) is 6.54 Å². The average Bonchev–Trinajstić information content (AvgIpc) is 2.72. The molecule has 0 aliphatic carbocycles. The fourth-order valence-corrected chi connectivity index (χ4v) is 1.77. The van der Waals surface area contributed by atoms with Crippen LogP contribution in [0.2, 0.25) is 0 Å². The fourth-order valence-electron chi connectivity index (χ4n) is 1.77. The van der Waals surface area contributed by atoms with E-state index in [9.17, 15) is 0 Å². The molecule has 0 aliphatic heterocycles. The summed E-state index contributed by atoms with van der Waals surface area (Å²) in [6.07, 6.45) is 0. The van der Waals surface area contributed by atoms with Gasteiger partial charge in [-0.05, 0) is 24.4 Å². The van der Waals surface area contributed by atoms with Crippen LogP contribution in [0.4, 0.5) is 0 Å². The maximum absolute atomic E-state index is 5.56. The lowest BCUT2D eigenvalue weighted by atomic mass is 10.2. The largest absolute Gasteiger partial charge is 0.344 e. The molecule has 17 heavy (non-hydrogen) atoms.